The molecule has 1 aromatic rings. The molecule has 0 spiro atoms. The molecule has 1 nitrogen and oxygen atoms in total. The number of hydrogen-bond acceptors (Lipinski definition) is 2. The van der Waals surface area contributed by atoms with Crippen LogP contribution >= 0.6 is 27.3 Å². The lowest BCUT2D eigenvalue weighted by molar-refractivity contribution is 0.488. The molecule has 0 aliphatic carbocycles. The topological polar surface area (TPSA) is 12.9 Å². The third-order valence-electron chi connectivity index (χ3n) is 2.05. The third-order valence-corrected chi connectivity index (χ3v) is 4.15. The predicted octanol–water partition coefficient (Wildman–Crippen LogP) is 3.58. The van der Waals surface area contributed by atoms with Crippen molar-refractivity contribution < 1.29 is 0 Å². The lowest BCUT2D eigenvalue weighted by Crippen LogP contribution is -2.18. The Labute approximate surface area is 92.0 Å². The van der Waals surface area contributed by atoms with E-state index in [4.69, 9.17) is 0 Å². The minimum absolute atomic E-state index is 0.126. The van der Waals surface area contributed by atoms with Gasteiger partial charge >= 0.3 is 0 Å². The largest absolute Gasteiger partial charge is 0.247 e. The number of aromatic nitrogens is 1. The molecule has 0 aromatic carbocycles. The van der Waals surface area contributed by atoms with Gasteiger partial charge in [-0.1, -0.05) is 28.9 Å². The average molecular weight is 260 g/mol. The van der Waals surface area contributed by atoms with Crippen LogP contribution in [0.15, 0.2) is 18.0 Å². The number of nitrogens with zero attached hydrogens (tertiary/aromatic N) is 1. The van der Waals surface area contributed by atoms with Gasteiger partial charge in [-0.25, -0.2) is 4.98 Å². The first-order chi connectivity index (χ1) is 6.09. The fraction of sp³-hybridized carbons (Fsp3) is 0.500. The van der Waals surface area contributed by atoms with E-state index in [0.29, 0.717) is 0 Å². The second kappa shape index (κ2) is 4.38. The van der Waals surface area contributed by atoms with Crippen molar-refractivity contribution in [1.29, 1.82) is 0 Å². The smallest absolute Gasteiger partial charge is 0.0897 e. The zero-order valence-electron chi connectivity index (χ0n) is 8.01. The van der Waals surface area contributed by atoms with Crippen LogP contribution in [0.3, 0.4) is 0 Å². The van der Waals surface area contributed by atoms with Crippen molar-refractivity contribution in [3.63, 3.8) is 0 Å². The Balaban J connectivity index is 2.72. The summed E-state index contributed by atoms with van der Waals surface area (Å²) in [4.78, 5) is 4.44. The van der Waals surface area contributed by atoms with E-state index in [2.05, 4.69) is 39.8 Å². The highest BCUT2D eigenvalue weighted by atomic mass is 79.9. The molecule has 0 aliphatic rings. The number of aryl methyl sites for hydroxylation is 1. The van der Waals surface area contributed by atoms with Crippen molar-refractivity contribution in [3.05, 3.63) is 28.7 Å². The molecule has 1 rings (SSSR count). The minimum atomic E-state index is 0.126. The molecule has 72 valence electrons. The second-order valence-corrected chi connectivity index (χ2v) is 5.15. The van der Waals surface area contributed by atoms with Crippen LogP contribution in [0.5, 0.6) is 0 Å². The fourth-order valence-electron chi connectivity index (χ4n) is 1.08. The zero-order chi connectivity index (χ0) is 9.90. The molecule has 13 heavy (non-hydrogen) atoms. The van der Waals surface area contributed by atoms with Gasteiger partial charge < -0.3 is 0 Å². The van der Waals surface area contributed by atoms with Gasteiger partial charge in [0, 0.05) is 22.5 Å². The molecule has 1 heterocycles. The maximum Gasteiger partial charge on any atom is 0.0897 e. The third kappa shape index (κ3) is 2.92. The first-order valence-electron chi connectivity index (χ1n) is 4.20. The van der Waals surface area contributed by atoms with Gasteiger partial charge in [0.15, 0.2) is 0 Å². The Morgan fingerprint density at radius 2 is 2.46 bits per heavy atom. The van der Waals surface area contributed by atoms with Crippen molar-refractivity contribution in [2.45, 2.75) is 20.3 Å². The first-order valence-corrected chi connectivity index (χ1v) is 6.20. The predicted molar refractivity (Wildman–Crippen MR) is 62.7 cm³/mol. The van der Waals surface area contributed by atoms with Crippen molar-refractivity contribution in [2.24, 2.45) is 5.41 Å². The van der Waals surface area contributed by atoms with Gasteiger partial charge in [-0.3, -0.25) is 0 Å². The highest BCUT2D eigenvalue weighted by Crippen LogP contribution is 2.26. The summed E-state index contributed by atoms with van der Waals surface area (Å²) >= 11 is 5.21. The van der Waals surface area contributed by atoms with Gasteiger partial charge in [-0.2, -0.15) is 0 Å². The van der Waals surface area contributed by atoms with Gasteiger partial charge in [-0.05, 0) is 6.92 Å². The molecule has 0 N–H and O–H groups in total. The molecule has 0 saturated heterocycles. The van der Waals surface area contributed by atoms with E-state index in [-0.39, 0.29) is 5.41 Å². The van der Waals surface area contributed by atoms with Crippen LogP contribution in [0.2, 0.25) is 0 Å². The molecular weight excluding hydrogens is 246 g/mol. The first kappa shape index (κ1) is 10.9. The Morgan fingerprint density at radius 3 is 2.85 bits per heavy atom. The van der Waals surface area contributed by atoms with Gasteiger partial charge in [0.2, 0.25) is 0 Å². The van der Waals surface area contributed by atoms with Gasteiger partial charge in [0.05, 0.1) is 10.7 Å². The van der Waals surface area contributed by atoms with Crippen LogP contribution in [0.1, 0.15) is 17.6 Å². The SMILES string of the molecule is C=CC(C)(CBr)Cc1csc(C)n1. The monoisotopic (exact) mass is 259 g/mol. The van der Waals surface area contributed by atoms with Crippen LogP contribution in [-0.2, 0) is 6.42 Å². The van der Waals surface area contributed by atoms with E-state index < -0.39 is 0 Å². The standard InChI is InChI=1S/C10H14BrNS/c1-4-10(3,7-11)5-9-6-13-8(2)12-9/h4,6H,1,5,7H2,2-3H3. The molecule has 0 radical (unpaired) electrons. The summed E-state index contributed by atoms with van der Waals surface area (Å²) in [5.41, 5.74) is 1.30. The molecule has 1 atom stereocenters. The van der Waals surface area contributed by atoms with Crippen LogP contribution < -0.4 is 0 Å². The second-order valence-electron chi connectivity index (χ2n) is 3.53. The van der Waals surface area contributed by atoms with E-state index >= 15 is 0 Å². The summed E-state index contributed by atoms with van der Waals surface area (Å²) in [6, 6.07) is 0. The van der Waals surface area contributed by atoms with E-state index in [1.165, 1.54) is 5.69 Å². The molecule has 0 amide bonds. The average Bonchev–Trinajstić information content (AvgIpc) is 2.51. The number of thiazole rings is 1. The van der Waals surface area contributed by atoms with E-state index in [1.54, 1.807) is 11.3 Å². The highest BCUT2D eigenvalue weighted by molar-refractivity contribution is 9.09. The summed E-state index contributed by atoms with van der Waals surface area (Å²) in [7, 11) is 0. The number of hydrogen-bond donors (Lipinski definition) is 0. The zero-order valence-corrected chi connectivity index (χ0v) is 10.4. The molecule has 0 bridgehead atoms. The van der Waals surface area contributed by atoms with Crippen LogP contribution in [0.25, 0.3) is 0 Å². The maximum absolute atomic E-state index is 4.44. The van der Waals surface area contributed by atoms with Crippen molar-refractivity contribution in [3.8, 4) is 0 Å². The van der Waals surface area contributed by atoms with Gasteiger partial charge in [0.1, 0.15) is 0 Å². The normalized spacial score (nSPS) is 15.3. The van der Waals surface area contributed by atoms with E-state index in [1.807, 2.05) is 13.0 Å². The number of allylic oxidation sites excluding steroid dienone is 1. The Morgan fingerprint density at radius 1 is 1.77 bits per heavy atom. The van der Waals surface area contributed by atoms with Crippen LogP contribution in [0, 0.1) is 12.3 Å². The summed E-state index contributed by atoms with van der Waals surface area (Å²) in [6.45, 7) is 8.07. The summed E-state index contributed by atoms with van der Waals surface area (Å²) < 4.78 is 0. The number of halogens is 1. The molecular formula is C10H14BrNS. The van der Waals surface area contributed by atoms with Gasteiger partial charge in [-0.15, -0.1) is 17.9 Å². The van der Waals surface area contributed by atoms with Crippen LogP contribution in [0.4, 0.5) is 0 Å². The minimum Gasteiger partial charge on any atom is -0.247 e. The molecule has 0 fully saturated rings. The highest BCUT2D eigenvalue weighted by Gasteiger charge is 2.20. The molecule has 0 aliphatic heterocycles. The molecule has 1 aromatic heterocycles. The summed E-state index contributed by atoms with van der Waals surface area (Å²) in [5, 5.41) is 4.19. The maximum atomic E-state index is 4.44. The summed E-state index contributed by atoms with van der Waals surface area (Å²) in [5.74, 6) is 0. The fourth-order valence-corrected chi connectivity index (χ4v) is 2.12. The Bertz CT molecular complexity index is 295. The number of rotatable bonds is 4. The lowest BCUT2D eigenvalue weighted by Gasteiger charge is -2.21. The van der Waals surface area contributed by atoms with E-state index in [0.717, 1.165) is 16.8 Å². The van der Waals surface area contributed by atoms with Gasteiger partial charge in [0.25, 0.3) is 0 Å². The lowest BCUT2D eigenvalue weighted by atomic mass is 9.88. The molecule has 1 unspecified atom stereocenters. The Hall–Kier alpha value is -0.150. The molecule has 0 saturated carbocycles. The molecule has 3 heteroatoms. The van der Waals surface area contributed by atoms with Crippen LogP contribution in [-0.4, -0.2) is 10.3 Å². The van der Waals surface area contributed by atoms with E-state index in [9.17, 15) is 0 Å². The Kier molecular flexibility index (Phi) is 3.68. The quantitative estimate of drug-likeness (QED) is 0.595. The van der Waals surface area contributed by atoms with Crippen molar-refractivity contribution in [2.75, 3.05) is 5.33 Å². The van der Waals surface area contributed by atoms with Crippen molar-refractivity contribution in [1.82, 2.24) is 4.98 Å². The number of alkyl halides is 1. The summed E-state index contributed by atoms with van der Waals surface area (Å²) in [6.07, 6.45) is 2.96. The van der Waals surface area contributed by atoms with Crippen molar-refractivity contribution >= 4 is 27.3 Å².